The summed E-state index contributed by atoms with van der Waals surface area (Å²) in [6, 6.07) is 1.73. The van der Waals surface area contributed by atoms with E-state index < -0.39 is 54.3 Å². The van der Waals surface area contributed by atoms with Crippen molar-refractivity contribution in [2.45, 2.75) is 190 Å². The van der Waals surface area contributed by atoms with Crippen molar-refractivity contribution in [3.63, 3.8) is 0 Å². The van der Waals surface area contributed by atoms with Crippen LogP contribution >= 0.6 is 0 Å². The van der Waals surface area contributed by atoms with Gasteiger partial charge in [0.1, 0.15) is 6.61 Å². The lowest BCUT2D eigenvalue weighted by Crippen LogP contribution is -2.66. The van der Waals surface area contributed by atoms with Gasteiger partial charge in [0.05, 0.1) is 16.6 Å². The van der Waals surface area contributed by atoms with Crippen molar-refractivity contribution in [2.24, 2.45) is 22.9 Å². The van der Waals surface area contributed by atoms with Crippen molar-refractivity contribution in [3.8, 4) is 0 Å². The number of sulfone groups is 1. The van der Waals surface area contributed by atoms with Gasteiger partial charge in [0.2, 0.25) is 15.8 Å². The highest BCUT2D eigenvalue weighted by atomic mass is 32.2. The number of hydrogen-bond acceptors (Lipinski definition) is 14. The summed E-state index contributed by atoms with van der Waals surface area (Å²) < 4.78 is 66.9. The second-order valence-electron chi connectivity index (χ2n) is 19.6. The summed E-state index contributed by atoms with van der Waals surface area (Å²) in [7, 11) is -7.28. The largest absolute Gasteiger partial charge is 0.474 e. The van der Waals surface area contributed by atoms with Gasteiger partial charge in [-0.2, -0.15) is 5.10 Å². The van der Waals surface area contributed by atoms with E-state index >= 15 is 0 Å². The molecule has 0 radical (unpaired) electrons. The zero-order valence-corrected chi connectivity index (χ0v) is 40.0. The lowest BCUT2D eigenvalue weighted by atomic mass is 9.79. The Morgan fingerprint density at radius 1 is 0.984 bits per heavy atom. The monoisotopic (exact) mass is 932 g/mol. The summed E-state index contributed by atoms with van der Waals surface area (Å²) in [5, 5.41) is 36.8. The fourth-order valence-electron chi connectivity index (χ4n) is 12.1. The molecule has 6 aliphatic rings. The highest BCUT2D eigenvalue weighted by Gasteiger charge is 2.62. The topological polar surface area (TPSA) is 207 Å². The second kappa shape index (κ2) is 20.2. The van der Waals surface area contributed by atoms with E-state index in [4.69, 9.17) is 29.9 Å². The smallest absolute Gasteiger partial charge is 0.260 e. The van der Waals surface area contributed by atoms with E-state index in [1.54, 1.807) is 23.1 Å². The van der Waals surface area contributed by atoms with E-state index in [-0.39, 0.29) is 60.0 Å². The molecule has 0 amide bonds. The van der Waals surface area contributed by atoms with Crippen LogP contribution in [0.5, 0.6) is 0 Å². The van der Waals surface area contributed by atoms with Crippen molar-refractivity contribution in [1.29, 1.82) is 0 Å². The number of hydrogen-bond donors (Lipinski definition) is 3. The summed E-state index contributed by atoms with van der Waals surface area (Å²) >= 11 is 0. The quantitative estimate of drug-likeness (QED) is 0.0900. The number of fused-ring (bicyclic) bond motifs is 2. The Morgan fingerprint density at radius 3 is 2.34 bits per heavy atom. The summed E-state index contributed by atoms with van der Waals surface area (Å²) in [4.78, 5) is 16.9. The predicted octanol–water partition coefficient (Wildman–Crippen LogP) is 5.94. The maximum Gasteiger partial charge on any atom is 0.260 e. The molecule has 2 aromatic rings. The number of nitrogens with zero attached hydrogens (tertiary/aromatic N) is 8. The van der Waals surface area contributed by atoms with E-state index in [9.17, 15) is 27.2 Å². The zero-order valence-electron chi connectivity index (χ0n) is 38.4. The highest BCUT2D eigenvalue weighted by molar-refractivity contribution is 7.96. The van der Waals surface area contributed by atoms with E-state index in [2.05, 4.69) is 30.4 Å². The summed E-state index contributed by atoms with van der Waals surface area (Å²) in [6.07, 6.45) is 17.7. The highest BCUT2D eigenvalue weighted by Crippen LogP contribution is 2.48. The third-order valence-corrected chi connectivity index (χ3v) is 20.1. The number of sulfonamides is 1. The predicted molar refractivity (Wildman–Crippen MR) is 243 cm³/mol. The molecule has 64 heavy (non-hydrogen) atoms. The SMILES string of the molecule is CCN(CC)C1CCC(N(C(CC2=CC3CCCCC3S2(=O)=O)OO)C2(n3cccn3)C(OCC(O)C3CCCCC3)=Nn3nc(C(C)CNS(=O)(=O)C4CCCCC4)nc32)C(C)C1. The van der Waals surface area contributed by atoms with E-state index in [1.807, 2.05) is 17.9 Å². The molecule has 4 saturated carbocycles. The van der Waals surface area contributed by atoms with Crippen LogP contribution in [0.3, 0.4) is 0 Å². The van der Waals surface area contributed by atoms with Crippen LogP contribution in [0.4, 0.5) is 0 Å². The molecule has 4 aliphatic carbocycles. The first kappa shape index (κ1) is 47.7. The molecule has 4 heterocycles. The molecule has 17 nitrogen and oxygen atoms in total. The lowest BCUT2D eigenvalue weighted by molar-refractivity contribution is -0.331. The van der Waals surface area contributed by atoms with Crippen LogP contribution in [0, 0.1) is 17.8 Å². The molecule has 0 bridgehead atoms. The lowest BCUT2D eigenvalue weighted by Gasteiger charge is -2.51. The number of ether oxygens (including phenoxy) is 1. The van der Waals surface area contributed by atoms with Gasteiger partial charge in [-0.1, -0.05) is 85.1 Å². The van der Waals surface area contributed by atoms with Crippen LogP contribution in [-0.4, -0.2) is 129 Å². The number of aliphatic hydroxyl groups is 1. The average Bonchev–Trinajstić information content (AvgIpc) is 4.10. The van der Waals surface area contributed by atoms with Crippen LogP contribution < -0.4 is 4.72 Å². The average molecular weight is 932 g/mol. The Balaban J connectivity index is 1.24. The molecular formula is C45H73N9O8S2. The third kappa shape index (κ3) is 9.26. The molecule has 0 aromatic carbocycles. The fourth-order valence-corrected chi connectivity index (χ4v) is 16.1. The zero-order chi connectivity index (χ0) is 45.2. The molecule has 4 fully saturated rings. The Morgan fingerprint density at radius 2 is 1.69 bits per heavy atom. The van der Waals surface area contributed by atoms with Gasteiger partial charge in [0.15, 0.2) is 21.9 Å². The first-order chi connectivity index (χ1) is 30.8. The second-order valence-corrected chi connectivity index (χ2v) is 23.9. The van der Waals surface area contributed by atoms with E-state index in [1.165, 1.54) is 4.79 Å². The van der Waals surface area contributed by atoms with Crippen molar-refractivity contribution < 1.29 is 36.8 Å². The molecule has 2 aromatic heterocycles. The molecule has 3 N–H and O–H groups in total. The molecule has 9 unspecified atom stereocenters. The summed E-state index contributed by atoms with van der Waals surface area (Å²) in [6.45, 7) is 10.2. The number of aromatic nitrogens is 5. The number of allylic oxidation sites excluding steroid dienone is 1. The first-order valence-corrected chi connectivity index (χ1v) is 27.6. The number of nitrogens with one attached hydrogen (secondary N) is 1. The molecule has 0 saturated heterocycles. The normalized spacial score (nSPS) is 30.5. The Hall–Kier alpha value is -2.78. The van der Waals surface area contributed by atoms with Crippen LogP contribution in [-0.2, 0) is 35.1 Å². The first-order valence-electron chi connectivity index (χ1n) is 24.5. The number of rotatable bonds is 18. The van der Waals surface area contributed by atoms with E-state index in [0.717, 1.165) is 96.6 Å². The molecule has 9 atom stereocenters. The van der Waals surface area contributed by atoms with Crippen LogP contribution in [0.2, 0.25) is 0 Å². The minimum absolute atomic E-state index is 0.0141. The van der Waals surface area contributed by atoms with Gasteiger partial charge in [0.25, 0.3) is 11.6 Å². The maximum absolute atomic E-state index is 14.4. The van der Waals surface area contributed by atoms with Crippen molar-refractivity contribution in [1.82, 2.24) is 39.2 Å². The Labute approximate surface area is 380 Å². The molecule has 0 spiro atoms. The molecule has 19 heteroatoms. The summed E-state index contributed by atoms with van der Waals surface area (Å²) in [5.74, 6) is 0.188. The van der Waals surface area contributed by atoms with Gasteiger partial charge in [-0.15, -0.1) is 15.0 Å². The van der Waals surface area contributed by atoms with Crippen LogP contribution in [0.1, 0.15) is 161 Å². The fraction of sp³-hybridized carbons (Fsp3) is 0.822. The van der Waals surface area contributed by atoms with E-state index in [0.29, 0.717) is 37.5 Å². The van der Waals surface area contributed by atoms with Gasteiger partial charge >= 0.3 is 0 Å². The molecule has 358 valence electrons. The van der Waals surface area contributed by atoms with Crippen LogP contribution in [0.25, 0.3) is 0 Å². The molecular weight excluding hydrogens is 859 g/mol. The molecule has 2 aliphatic heterocycles. The Bertz CT molecular complexity index is 2150. The van der Waals surface area contributed by atoms with Crippen LogP contribution in [0.15, 0.2) is 34.5 Å². The Kier molecular flexibility index (Phi) is 15.1. The van der Waals surface area contributed by atoms with Gasteiger partial charge in [-0.05, 0) is 94.7 Å². The maximum atomic E-state index is 14.4. The van der Waals surface area contributed by atoms with Crippen molar-refractivity contribution in [3.05, 3.63) is 41.1 Å². The van der Waals surface area contributed by atoms with Gasteiger partial charge in [-0.25, -0.2) is 41.0 Å². The molecule has 8 rings (SSSR count). The van der Waals surface area contributed by atoms with Crippen molar-refractivity contribution >= 4 is 25.8 Å². The van der Waals surface area contributed by atoms with Gasteiger partial charge in [-0.3, -0.25) is 5.26 Å². The van der Waals surface area contributed by atoms with Gasteiger partial charge < -0.3 is 14.7 Å². The van der Waals surface area contributed by atoms with Gasteiger partial charge in [0, 0.05) is 48.3 Å². The van der Waals surface area contributed by atoms with Crippen molar-refractivity contribution in [2.75, 3.05) is 26.2 Å². The minimum atomic E-state index is -3.71. The standard InChI is InChI=1S/C45H73N9O8S2/c1-5-51(6-2)35-22-23-38(31(3)26-35)53(41(62-56)28-37-27-34-18-13-14-21-40(34)63(37,57)58)45(52-25-15-24-46-52)43-48-42(32(4)29-47-64(59,60)36-19-11-8-12-20-36)49-54(43)50-44(45)61-30-39(55)33-16-9-7-10-17-33/h15,24-25,27,31-36,38-41,47,55-56H,5-14,16-23,26,28-30H2,1-4H3. The summed E-state index contributed by atoms with van der Waals surface area (Å²) in [5.41, 5.74) is -1.70. The minimum Gasteiger partial charge on any atom is -0.474 e. The third-order valence-electron chi connectivity index (χ3n) is 15.7. The number of aliphatic hydroxyl groups excluding tert-OH is 1.